The monoisotopic (exact) mass is 478 g/mol. The van der Waals surface area contributed by atoms with Gasteiger partial charge in [-0.1, -0.05) is 29.5 Å². The molecule has 0 aliphatic heterocycles. The second-order valence-corrected chi connectivity index (χ2v) is 9.47. The van der Waals surface area contributed by atoms with Gasteiger partial charge in [-0.05, 0) is 49.4 Å². The average Bonchev–Trinajstić information content (AvgIpc) is 3.21. The highest BCUT2D eigenvalue weighted by molar-refractivity contribution is 8.00. The van der Waals surface area contributed by atoms with Gasteiger partial charge < -0.3 is 10.6 Å². The third kappa shape index (κ3) is 5.54. The summed E-state index contributed by atoms with van der Waals surface area (Å²) in [5, 5.41) is 16.6. The van der Waals surface area contributed by atoms with Crippen LogP contribution in [0.25, 0.3) is 10.2 Å². The molecule has 1 atom stereocenters. The lowest BCUT2D eigenvalue weighted by atomic mass is 10.2. The van der Waals surface area contributed by atoms with E-state index in [0.717, 1.165) is 15.1 Å². The number of anilines is 2. The van der Waals surface area contributed by atoms with Crippen LogP contribution in [-0.4, -0.2) is 27.0 Å². The number of hydrogen-bond acceptors (Lipinski definition) is 7. The number of aromatic nitrogens is 1. The molecule has 0 aliphatic rings. The molecule has 1 unspecified atom stereocenters. The summed E-state index contributed by atoms with van der Waals surface area (Å²) in [6.07, 6.45) is 0. The zero-order valence-corrected chi connectivity index (χ0v) is 19.0. The van der Waals surface area contributed by atoms with E-state index in [1.807, 2.05) is 30.3 Å². The number of carbonyl (C=O) groups is 2. The molecule has 0 radical (unpaired) electrons. The summed E-state index contributed by atoms with van der Waals surface area (Å²) in [4.78, 5) is 40.6. The van der Waals surface area contributed by atoms with Crippen molar-refractivity contribution >= 4 is 61.6 Å². The number of non-ortho nitro benzene ring substituents is 1. The van der Waals surface area contributed by atoms with E-state index < -0.39 is 10.2 Å². The average molecular weight is 479 g/mol. The fourth-order valence-electron chi connectivity index (χ4n) is 2.98. The van der Waals surface area contributed by atoms with Crippen LogP contribution in [0.3, 0.4) is 0 Å². The Hall–Kier alpha value is -3.76. The van der Waals surface area contributed by atoms with Crippen molar-refractivity contribution in [1.29, 1.82) is 0 Å². The number of benzene rings is 3. The molecule has 0 saturated heterocycles. The molecule has 8 nitrogen and oxygen atoms in total. The van der Waals surface area contributed by atoms with Gasteiger partial charge in [-0.3, -0.25) is 19.7 Å². The van der Waals surface area contributed by atoms with E-state index >= 15 is 0 Å². The zero-order valence-electron chi connectivity index (χ0n) is 17.3. The number of nitro groups is 1. The first-order valence-electron chi connectivity index (χ1n) is 9.88. The minimum absolute atomic E-state index is 0.0805. The number of para-hydroxylation sites is 1. The quantitative estimate of drug-likeness (QED) is 0.204. The first-order chi connectivity index (χ1) is 15.9. The number of nitrogens with one attached hydrogen (secondary N) is 2. The number of amides is 2. The molecular formula is C23H18N4O4S2. The number of carbonyl (C=O) groups excluding carboxylic acids is 2. The molecule has 0 saturated carbocycles. The topological polar surface area (TPSA) is 114 Å². The predicted molar refractivity (Wildman–Crippen MR) is 131 cm³/mol. The second kappa shape index (κ2) is 9.80. The molecule has 10 heteroatoms. The van der Waals surface area contributed by atoms with Crippen LogP contribution in [0.5, 0.6) is 0 Å². The Morgan fingerprint density at radius 3 is 2.52 bits per heavy atom. The standard InChI is InChI=1S/C23H18N4O4S2/c1-14(21(28)26-23-25-19-7-2-3-8-20(19)33-23)32-18-6-4-5-16(13-18)24-22(29)15-9-11-17(12-10-15)27(30)31/h2-14H,1H3,(H,24,29)(H,25,26,28). The summed E-state index contributed by atoms with van der Waals surface area (Å²) < 4.78 is 1.00. The van der Waals surface area contributed by atoms with E-state index in [-0.39, 0.29) is 17.5 Å². The number of nitro benzene ring substituents is 1. The summed E-state index contributed by atoms with van der Waals surface area (Å²) in [7, 11) is 0. The van der Waals surface area contributed by atoms with E-state index in [0.29, 0.717) is 16.4 Å². The number of hydrogen-bond donors (Lipinski definition) is 2. The van der Waals surface area contributed by atoms with Gasteiger partial charge in [0.25, 0.3) is 11.6 Å². The number of thioether (sulfide) groups is 1. The molecule has 2 N–H and O–H groups in total. The number of thiazole rings is 1. The maximum Gasteiger partial charge on any atom is 0.269 e. The van der Waals surface area contributed by atoms with Crippen LogP contribution in [0, 0.1) is 10.1 Å². The highest BCUT2D eigenvalue weighted by Crippen LogP contribution is 2.29. The second-order valence-electron chi connectivity index (χ2n) is 7.02. The van der Waals surface area contributed by atoms with E-state index in [1.54, 1.807) is 25.1 Å². The SMILES string of the molecule is CC(Sc1cccc(NC(=O)c2ccc([N+](=O)[O-])cc2)c1)C(=O)Nc1nc2ccccc2s1. The van der Waals surface area contributed by atoms with Crippen molar-refractivity contribution in [3.05, 3.63) is 88.5 Å². The molecule has 0 fully saturated rings. The Labute approximate surface area is 197 Å². The molecule has 166 valence electrons. The fraction of sp³-hybridized carbons (Fsp3) is 0.0870. The predicted octanol–water partition coefficient (Wildman–Crippen LogP) is 5.58. The summed E-state index contributed by atoms with van der Waals surface area (Å²) in [6.45, 7) is 1.80. The Morgan fingerprint density at radius 1 is 1.03 bits per heavy atom. The lowest BCUT2D eigenvalue weighted by Crippen LogP contribution is -2.22. The smallest absolute Gasteiger partial charge is 0.269 e. The van der Waals surface area contributed by atoms with Crippen molar-refractivity contribution in [3.8, 4) is 0 Å². The molecule has 2 amide bonds. The van der Waals surface area contributed by atoms with Gasteiger partial charge in [0.15, 0.2) is 5.13 Å². The van der Waals surface area contributed by atoms with Gasteiger partial charge >= 0.3 is 0 Å². The van der Waals surface area contributed by atoms with E-state index in [1.165, 1.54) is 47.4 Å². The number of fused-ring (bicyclic) bond motifs is 1. The molecule has 4 aromatic rings. The van der Waals surface area contributed by atoms with Crippen molar-refractivity contribution < 1.29 is 14.5 Å². The van der Waals surface area contributed by atoms with Crippen LogP contribution in [0.1, 0.15) is 17.3 Å². The minimum Gasteiger partial charge on any atom is -0.322 e. The van der Waals surface area contributed by atoms with Gasteiger partial charge in [-0.2, -0.15) is 0 Å². The number of rotatable bonds is 7. The van der Waals surface area contributed by atoms with Crippen molar-refractivity contribution in [3.63, 3.8) is 0 Å². The molecule has 0 bridgehead atoms. The highest BCUT2D eigenvalue weighted by atomic mass is 32.2. The van der Waals surface area contributed by atoms with Crippen LogP contribution >= 0.6 is 23.1 Å². The van der Waals surface area contributed by atoms with Crippen molar-refractivity contribution in [2.45, 2.75) is 17.1 Å². The van der Waals surface area contributed by atoms with Crippen LogP contribution in [-0.2, 0) is 4.79 Å². The Bertz CT molecular complexity index is 1300. The van der Waals surface area contributed by atoms with Crippen LogP contribution < -0.4 is 10.6 Å². The van der Waals surface area contributed by atoms with E-state index in [2.05, 4.69) is 15.6 Å². The van der Waals surface area contributed by atoms with E-state index in [9.17, 15) is 19.7 Å². The molecule has 4 rings (SSSR count). The lowest BCUT2D eigenvalue weighted by molar-refractivity contribution is -0.384. The largest absolute Gasteiger partial charge is 0.322 e. The molecule has 33 heavy (non-hydrogen) atoms. The van der Waals surface area contributed by atoms with Gasteiger partial charge in [-0.15, -0.1) is 11.8 Å². The summed E-state index contributed by atoms with van der Waals surface area (Å²) in [6, 6.07) is 20.2. The number of nitrogens with zero attached hydrogens (tertiary/aromatic N) is 2. The van der Waals surface area contributed by atoms with Crippen molar-refractivity contribution in [1.82, 2.24) is 4.98 Å². The lowest BCUT2D eigenvalue weighted by Gasteiger charge is -2.12. The first kappa shape index (κ1) is 22.4. The molecule has 0 aliphatic carbocycles. The minimum atomic E-state index is -0.517. The normalized spacial score (nSPS) is 11.7. The zero-order chi connectivity index (χ0) is 23.4. The summed E-state index contributed by atoms with van der Waals surface area (Å²) in [5.74, 6) is -0.548. The van der Waals surface area contributed by atoms with Gasteiger partial charge in [0.2, 0.25) is 5.91 Å². The van der Waals surface area contributed by atoms with Crippen LogP contribution in [0.15, 0.2) is 77.7 Å². The highest BCUT2D eigenvalue weighted by Gasteiger charge is 2.17. The third-order valence-electron chi connectivity index (χ3n) is 4.64. The van der Waals surface area contributed by atoms with Gasteiger partial charge in [0.1, 0.15) is 0 Å². The molecule has 3 aromatic carbocycles. The van der Waals surface area contributed by atoms with E-state index in [4.69, 9.17) is 0 Å². The van der Waals surface area contributed by atoms with Crippen molar-refractivity contribution in [2.24, 2.45) is 0 Å². The van der Waals surface area contributed by atoms with Gasteiger partial charge in [-0.25, -0.2) is 4.98 Å². The Morgan fingerprint density at radius 2 is 1.79 bits per heavy atom. The van der Waals surface area contributed by atoms with Crippen molar-refractivity contribution in [2.75, 3.05) is 10.6 Å². The maximum atomic E-state index is 12.6. The summed E-state index contributed by atoms with van der Waals surface area (Å²) >= 11 is 2.78. The Balaban J connectivity index is 1.38. The van der Waals surface area contributed by atoms with Crippen LogP contribution in [0.2, 0.25) is 0 Å². The fourth-order valence-corrected chi connectivity index (χ4v) is 4.77. The molecule has 1 heterocycles. The summed E-state index contributed by atoms with van der Waals surface area (Å²) in [5.41, 5.74) is 1.63. The molecule has 1 aromatic heterocycles. The maximum absolute atomic E-state index is 12.6. The first-order valence-corrected chi connectivity index (χ1v) is 11.6. The molecular weight excluding hydrogens is 460 g/mol. The third-order valence-corrected chi connectivity index (χ3v) is 6.68. The molecule has 0 spiro atoms. The van der Waals surface area contributed by atoms with Gasteiger partial charge in [0, 0.05) is 28.3 Å². The van der Waals surface area contributed by atoms with Crippen LogP contribution in [0.4, 0.5) is 16.5 Å². The Kier molecular flexibility index (Phi) is 6.66. The van der Waals surface area contributed by atoms with Gasteiger partial charge in [0.05, 0.1) is 20.4 Å².